The predicted octanol–water partition coefficient (Wildman–Crippen LogP) is 2.21. The van der Waals surface area contributed by atoms with Crippen molar-refractivity contribution in [3.63, 3.8) is 0 Å². The van der Waals surface area contributed by atoms with Gasteiger partial charge in [0, 0.05) is 32.2 Å². The Bertz CT molecular complexity index is 355. The van der Waals surface area contributed by atoms with E-state index in [1.807, 2.05) is 0 Å². The van der Waals surface area contributed by atoms with E-state index in [1.54, 1.807) is 4.90 Å². The first-order valence-corrected chi connectivity index (χ1v) is 9.58. The predicted molar refractivity (Wildman–Crippen MR) is 92.2 cm³/mol. The Hall–Kier alpha value is -1.10. The molecule has 0 unspecified atom stereocenters. The summed E-state index contributed by atoms with van der Waals surface area (Å²) in [4.78, 5) is 26.2. The van der Waals surface area contributed by atoms with Gasteiger partial charge in [-0.1, -0.05) is 57.8 Å². The Morgan fingerprint density at radius 3 is 1.78 bits per heavy atom. The van der Waals surface area contributed by atoms with Crippen molar-refractivity contribution in [2.24, 2.45) is 0 Å². The second-order valence-corrected chi connectivity index (χ2v) is 6.97. The second kappa shape index (κ2) is 10.6. The molecule has 2 rings (SSSR count). The molecule has 0 aromatic carbocycles. The van der Waals surface area contributed by atoms with Gasteiger partial charge in [-0.15, -0.1) is 0 Å². The molecule has 0 bridgehead atoms. The van der Waals surface area contributed by atoms with Crippen LogP contribution in [-0.4, -0.2) is 48.9 Å². The number of carbonyl (C=O) groups is 2. The van der Waals surface area contributed by atoms with Crippen molar-refractivity contribution in [1.29, 1.82) is 0 Å². The molecule has 1 aliphatic carbocycles. The lowest BCUT2D eigenvalue weighted by Crippen LogP contribution is -2.52. The third kappa shape index (κ3) is 6.90. The van der Waals surface area contributed by atoms with Crippen LogP contribution in [0.2, 0.25) is 0 Å². The van der Waals surface area contributed by atoms with Gasteiger partial charge in [0.05, 0.1) is 0 Å². The van der Waals surface area contributed by atoms with Gasteiger partial charge in [-0.05, 0) is 12.8 Å². The van der Waals surface area contributed by atoms with Crippen molar-refractivity contribution in [3.8, 4) is 0 Å². The molecule has 23 heavy (non-hydrogen) atoms. The normalized spacial score (nSPS) is 22.7. The van der Waals surface area contributed by atoms with E-state index in [4.69, 9.17) is 0 Å². The number of nitrogens with one attached hydrogen (secondary N) is 2. The lowest BCUT2D eigenvalue weighted by molar-refractivity contribution is -0.146. The minimum absolute atomic E-state index is 0.175. The summed E-state index contributed by atoms with van der Waals surface area (Å²) in [6, 6.07) is 0.175. The number of piperazine rings is 1. The second-order valence-electron chi connectivity index (χ2n) is 6.97. The Morgan fingerprint density at radius 1 is 0.783 bits per heavy atom. The highest BCUT2D eigenvalue weighted by Crippen LogP contribution is 2.17. The van der Waals surface area contributed by atoms with E-state index in [1.165, 1.54) is 44.9 Å². The molecule has 1 heterocycles. The molecule has 0 aromatic rings. The summed E-state index contributed by atoms with van der Waals surface area (Å²) in [5.41, 5.74) is 0. The first-order valence-electron chi connectivity index (χ1n) is 9.58. The van der Waals surface area contributed by atoms with Gasteiger partial charge in [0.15, 0.2) is 0 Å². The van der Waals surface area contributed by atoms with E-state index in [9.17, 15) is 9.59 Å². The van der Waals surface area contributed by atoms with Gasteiger partial charge in [0.2, 0.25) is 0 Å². The summed E-state index contributed by atoms with van der Waals surface area (Å²) in [5, 5.41) is 6.22. The van der Waals surface area contributed by atoms with E-state index in [2.05, 4.69) is 10.6 Å². The summed E-state index contributed by atoms with van der Waals surface area (Å²) >= 11 is 0. The maximum absolute atomic E-state index is 12.3. The average Bonchev–Trinajstić information content (AvgIpc) is 2.57. The fraction of sp³-hybridized carbons (Fsp3) is 0.889. The van der Waals surface area contributed by atoms with Crippen LogP contribution in [0.1, 0.15) is 70.6 Å². The van der Waals surface area contributed by atoms with Gasteiger partial charge >= 0.3 is 11.8 Å². The van der Waals surface area contributed by atoms with Crippen LogP contribution in [0.4, 0.5) is 0 Å². The molecule has 1 saturated heterocycles. The van der Waals surface area contributed by atoms with Gasteiger partial charge in [0.25, 0.3) is 0 Å². The average molecular weight is 323 g/mol. The summed E-state index contributed by atoms with van der Waals surface area (Å²) in [6.07, 6.45) is 13.5. The van der Waals surface area contributed by atoms with Crippen LogP contribution in [0.5, 0.6) is 0 Å². The molecule has 2 aliphatic rings. The highest BCUT2D eigenvalue weighted by atomic mass is 16.2. The van der Waals surface area contributed by atoms with E-state index < -0.39 is 5.91 Å². The van der Waals surface area contributed by atoms with Crippen LogP contribution in [0.3, 0.4) is 0 Å². The van der Waals surface area contributed by atoms with E-state index in [-0.39, 0.29) is 11.9 Å². The molecule has 2 fully saturated rings. The summed E-state index contributed by atoms with van der Waals surface area (Å²) < 4.78 is 0. The zero-order valence-corrected chi connectivity index (χ0v) is 14.4. The van der Waals surface area contributed by atoms with Crippen LogP contribution in [0.25, 0.3) is 0 Å². The zero-order valence-electron chi connectivity index (χ0n) is 14.4. The van der Waals surface area contributed by atoms with Crippen LogP contribution < -0.4 is 10.6 Å². The lowest BCUT2D eigenvalue weighted by Gasteiger charge is -2.27. The SMILES string of the molecule is O=C(NC1CCCCCCCCCCC1)C(=O)N1CCNCC1. The number of hydrogen-bond acceptors (Lipinski definition) is 3. The Labute approximate surface area is 140 Å². The van der Waals surface area contributed by atoms with Crippen LogP contribution in [0.15, 0.2) is 0 Å². The molecule has 132 valence electrons. The standard InChI is InChI=1S/C18H33N3O2/c22-17(18(23)21-14-12-19-13-15-21)20-16-10-8-6-4-2-1-3-5-7-9-11-16/h16,19H,1-15H2,(H,20,22). The third-order valence-corrected chi connectivity index (χ3v) is 5.04. The van der Waals surface area contributed by atoms with Crippen molar-refractivity contribution in [3.05, 3.63) is 0 Å². The summed E-state index contributed by atoms with van der Waals surface area (Å²) in [5.74, 6) is -0.749. The topological polar surface area (TPSA) is 61.4 Å². The van der Waals surface area contributed by atoms with Crippen molar-refractivity contribution < 1.29 is 9.59 Å². The molecule has 5 nitrogen and oxygen atoms in total. The van der Waals surface area contributed by atoms with E-state index in [0.29, 0.717) is 13.1 Å². The zero-order chi connectivity index (χ0) is 16.3. The van der Waals surface area contributed by atoms with E-state index >= 15 is 0 Å². The number of nitrogens with zero attached hydrogens (tertiary/aromatic N) is 1. The largest absolute Gasteiger partial charge is 0.345 e. The van der Waals surface area contributed by atoms with E-state index in [0.717, 1.165) is 38.8 Å². The summed E-state index contributed by atoms with van der Waals surface area (Å²) in [6.45, 7) is 2.83. The van der Waals surface area contributed by atoms with Crippen molar-refractivity contribution in [2.45, 2.75) is 76.7 Å². The molecule has 1 aliphatic heterocycles. The first-order chi connectivity index (χ1) is 11.3. The van der Waals surface area contributed by atoms with Gasteiger partial charge in [-0.25, -0.2) is 0 Å². The molecular weight excluding hydrogens is 290 g/mol. The molecule has 0 spiro atoms. The first kappa shape index (κ1) is 18.2. The number of carbonyl (C=O) groups excluding carboxylic acids is 2. The molecule has 0 radical (unpaired) electrons. The number of rotatable bonds is 1. The van der Waals surface area contributed by atoms with Crippen LogP contribution >= 0.6 is 0 Å². The highest BCUT2D eigenvalue weighted by Gasteiger charge is 2.25. The third-order valence-electron chi connectivity index (χ3n) is 5.04. The Balaban J connectivity index is 1.78. The Morgan fingerprint density at radius 2 is 1.26 bits per heavy atom. The van der Waals surface area contributed by atoms with Gasteiger partial charge in [-0.2, -0.15) is 0 Å². The maximum Gasteiger partial charge on any atom is 0.311 e. The quantitative estimate of drug-likeness (QED) is 0.727. The van der Waals surface area contributed by atoms with Gasteiger partial charge < -0.3 is 15.5 Å². The molecule has 2 amide bonds. The number of amides is 2. The maximum atomic E-state index is 12.3. The fourth-order valence-electron chi connectivity index (χ4n) is 3.57. The minimum atomic E-state index is -0.399. The van der Waals surface area contributed by atoms with Crippen molar-refractivity contribution >= 4 is 11.8 Å². The molecular formula is C18H33N3O2. The van der Waals surface area contributed by atoms with Gasteiger partial charge in [0.1, 0.15) is 0 Å². The Kier molecular flexibility index (Phi) is 8.43. The lowest BCUT2D eigenvalue weighted by atomic mass is 9.98. The summed E-state index contributed by atoms with van der Waals surface area (Å²) in [7, 11) is 0. The monoisotopic (exact) mass is 323 g/mol. The van der Waals surface area contributed by atoms with Crippen molar-refractivity contribution in [2.75, 3.05) is 26.2 Å². The number of hydrogen-bond donors (Lipinski definition) is 2. The van der Waals surface area contributed by atoms with Crippen molar-refractivity contribution in [1.82, 2.24) is 15.5 Å². The molecule has 0 atom stereocenters. The van der Waals surface area contributed by atoms with Gasteiger partial charge in [-0.3, -0.25) is 9.59 Å². The van der Waals surface area contributed by atoms with Crippen LogP contribution in [0, 0.1) is 0 Å². The minimum Gasteiger partial charge on any atom is -0.345 e. The molecule has 1 saturated carbocycles. The molecule has 0 aromatic heterocycles. The fourth-order valence-corrected chi connectivity index (χ4v) is 3.57. The molecule has 2 N–H and O–H groups in total. The van der Waals surface area contributed by atoms with Crippen LogP contribution in [-0.2, 0) is 9.59 Å². The smallest absolute Gasteiger partial charge is 0.311 e. The molecule has 5 heteroatoms. The highest BCUT2D eigenvalue weighted by molar-refractivity contribution is 6.35.